The number of hydrogen-bond donors (Lipinski definition) is 1. The Labute approximate surface area is 133 Å². The number of halogens is 2. The van der Waals surface area contributed by atoms with Crippen molar-refractivity contribution in [3.8, 4) is 11.6 Å². The normalized spacial score (nSPS) is 10.5. The summed E-state index contributed by atoms with van der Waals surface area (Å²) in [5.74, 6) is 1.96. The molecule has 0 fully saturated rings. The molecule has 0 aliphatic carbocycles. The zero-order valence-corrected chi connectivity index (χ0v) is 13.2. The summed E-state index contributed by atoms with van der Waals surface area (Å²) in [6, 6.07) is 6.84. The monoisotopic (exact) mass is 327 g/mol. The fourth-order valence-electron chi connectivity index (χ4n) is 1.59. The van der Waals surface area contributed by atoms with E-state index in [1.807, 2.05) is 6.92 Å². The van der Waals surface area contributed by atoms with Gasteiger partial charge in [0.2, 0.25) is 5.88 Å². The first kappa shape index (κ1) is 15.8. The van der Waals surface area contributed by atoms with Crippen LogP contribution >= 0.6 is 23.2 Å². The van der Waals surface area contributed by atoms with Crippen LogP contribution in [0.15, 0.2) is 24.3 Å². The van der Waals surface area contributed by atoms with Crippen molar-refractivity contribution in [1.82, 2.24) is 9.97 Å². The van der Waals surface area contributed by atoms with E-state index in [4.69, 9.17) is 32.7 Å². The molecule has 0 amide bonds. The molecule has 7 heteroatoms. The minimum Gasteiger partial charge on any atom is -0.437 e. The minimum atomic E-state index is 0.311. The number of benzene rings is 1. The second-order valence-electron chi connectivity index (χ2n) is 4.05. The van der Waals surface area contributed by atoms with Crippen LogP contribution in [0.5, 0.6) is 11.6 Å². The molecule has 2 rings (SSSR count). The number of nitrogens with one attached hydrogen (secondary N) is 1. The Bertz CT molecular complexity index is 623. The number of ether oxygens (including phenoxy) is 2. The second kappa shape index (κ2) is 7.45. The summed E-state index contributed by atoms with van der Waals surface area (Å²) in [5.41, 5.74) is 0. The Morgan fingerprint density at radius 1 is 1.24 bits per heavy atom. The molecule has 0 radical (unpaired) electrons. The third kappa shape index (κ3) is 4.20. The van der Waals surface area contributed by atoms with Crippen LogP contribution in [-0.4, -0.2) is 23.6 Å². The lowest BCUT2D eigenvalue weighted by atomic mass is 10.3. The van der Waals surface area contributed by atoms with Gasteiger partial charge in [-0.1, -0.05) is 29.3 Å². The minimum absolute atomic E-state index is 0.311. The summed E-state index contributed by atoms with van der Waals surface area (Å²) in [6.45, 7) is 2.81. The number of anilines is 1. The van der Waals surface area contributed by atoms with Crippen LogP contribution in [0.1, 0.15) is 12.7 Å². The van der Waals surface area contributed by atoms with E-state index in [1.54, 1.807) is 31.3 Å². The van der Waals surface area contributed by atoms with E-state index in [0.29, 0.717) is 46.5 Å². The summed E-state index contributed by atoms with van der Waals surface area (Å²) in [4.78, 5) is 8.57. The van der Waals surface area contributed by atoms with Gasteiger partial charge >= 0.3 is 0 Å². The van der Waals surface area contributed by atoms with Gasteiger partial charge in [-0.3, -0.25) is 0 Å². The zero-order chi connectivity index (χ0) is 15.2. The molecule has 2 aromatic rings. The Kier molecular flexibility index (Phi) is 5.61. The molecule has 21 heavy (non-hydrogen) atoms. The summed E-state index contributed by atoms with van der Waals surface area (Å²) in [6.07, 6.45) is 0. The first-order chi connectivity index (χ1) is 10.1. The van der Waals surface area contributed by atoms with Gasteiger partial charge in [0.15, 0.2) is 5.82 Å². The molecular weight excluding hydrogens is 313 g/mol. The molecule has 0 atom stereocenters. The highest BCUT2D eigenvalue weighted by molar-refractivity contribution is 6.42. The third-order valence-corrected chi connectivity index (χ3v) is 3.37. The van der Waals surface area contributed by atoms with Gasteiger partial charge < -0.3 is 14.8 Å². The van der Waals surface area contributed by atoms with Crippen LogP contribution in [0.25, 0.3) is 0 Å². The Morgan fingerprint density at radius 3 is 2.76 bits per heavy atom. The molecule has 0 bridgehead atoms. The molecule has 5 nitrogen and oxygen atoms in total. The highest BCUT2D eigenvalue weighted by atomic mass is 35.5. The van der Waals surface area contributed by atoms with Gasteiger partial charge in [0, 0.05) is 19.7 Å². The van der Waals surface area contributed by atoms with Crippen LogP contribution in [0.4, 0.5) is 5.82 Å². The largest absolute Gasteiger partial charge is 0.437 e. The van der Waals surface area contributed by atoms with Crippen molar-refractivity contribution in [2.45, 2.75) is 13.5 Å². The summed E-state index contributed by atoms with van der Waals surface area (Å²) >= 11 is 12.1. The molecule has 0 aliphatic heterocycles. The topological polar surface area (TPSA) is 56.3 Å². The predicted molar refractivity (Wildman–Crippen MR) is 83.4 cm³/mol. The quantitative estimate of drug-likeness (QED) is 0.863. The van der Waals surface area contributed by atoms with Gasteiger partial charge in [0.1, 0.15) is 23.2 Å². The fourth-order valence-corrected chi connectivity index (χ4v) is 1.92. The molecule has 1 heterocycles. The molecule has 112 valence electrons. The maximum Gasteiger partial charge on any atom is 0.224 e. The van der Waals surface area contributed by atoms with Gasteiger partial charge in [-0.25, -0.2) is 4.98 Å². The maximum atomic E-state index is 6.10. The van der Waals surface area contributed by atoms with Gasteiger partial charge in [0.05, 0.1) is 5.02 Å². The molecule has 1 aromatic carbocycles. The van der Waals surface area contributed by atoms with Crippen molar-refractivity contribution in [3.05, 3.63) is 40.1 Å². The Morgan fingerprint density at radius 2 is 2.05 bits per heavy atom. The van der Waals surface area contributed by atoms with Crippen molar-refractivity contribution >= 4 is 29.0 Å². The summed E-state index contributed by atoms with van der Waals surface area (Å²) in [7, 11) is 1.77. The van der Waals surface area contributed by atoms with Crippen molar-refractivity contribution in [1.29, 1.82) is 0 Å². The van der Waals surface area contributed by atoms with E-state index in [9.17, 15) is 0 Å². The number of aromatic nitrogens is 2. The van der Waals surface area contributed by atoms with E-state index in [-0.39, 0.29) is 0 Å². The summed E-state index contributed by atoms with van der Waals surface area (Å²) < 4.78 is 11.0. The average molecular weight is 328 g/mol. The lowest BCUT2D eigenvalue weighted by molar-refractivity contribution is 0.128. The Balaban J connectivity index is 2.28. The first-order valence-electron chi connectivity index (χ1n) is 6.39. The molecule has 0 unspecified atom stereocenters. The summed E-state index contributed by atoms with van der Waals surface area (Å²) in [5, 5.41) is 3.72. The molecule has 0 saturated heterocycles. The van der Waals surface area contributed by atoms with Gasteiger partial charge in [-0.15, -0.1) is 0 Å². The number of hydrogen-bond acceptors (Lipinski definition) is 5. The first-order valence-corrected chi connectivity index (χ1v) is 7.15. The van der Waals surface area contributed by atoms with Gasteiger partial charge in [0.25, 0.3) is 0 Å². The lowest BCUT2D eigenvalue weighted by Gasteiger charge is -2.10. The maximum absolute atomic E-state index is 6.10. The molecule has 0 saturated carbocycles. The average Bonchev–Trinajstić information content (AvgIpc) is 2.49. The highest BCUT2D eigenvalue weighted by Gasteiger charge is 2.10. The van der Waals surface area contributed by atoms with Gasteiger partial charge in [-0.2, -0.15) is 4.98 Å². The van der Waals surface area contributed by atoms with Gasteiger partial charge in [-0.05, 0) is 19.1 Å². The van der Waals surface area contributed by atoms with Crippen molar-refractivity contribution < 1.29 is 9.47 Å². The van der Waals surface area contributed by atoms with Crippen LogP contribution in [0.3, 0.4) is 0 Å². The zero-order valence-electron chi connectivity index (χ0n) is 11.7. The van der Waals surface area contributed by atoms with E-state index >= 15 is 0 Å². The fraction of sp³-hybridized carbons (Fsp3) is 0.286. The predicted octanol–water partition coefficient (Wildman–Crippen LogP) is 4.15. The van der Waals surface area contributed by atoms with Crippen LogP contribution in [-0.2, 0) is 11.3 Å². The molecule has 0 spiro atoms. The van der Waals surface area contributed by atoms with Crippen LogP contribution in [0.2, 0.25) is 10.0 Å². The van der Waals surface area contributed by atoms with Crippen LogP contribution in [0, 0.1) is 0 Å². The van der Waals surface area contributed by atoms with Crippen LogP contribution < -0.4 is 10.1 Å². The third-order valence-electron chi connectivity index (χ3n) is 2.57. The lowest BCUT2D eigenvalue weighted by Crippen LogP contribution is -2.04. The van der Waals surface area contributed by atoms with E-state index in [0.717, 1.165) is 0 Å². The van der Waals surface area contributed by atoms with E-state index < -0.39 is 0 Å². The smallest absolute Gasteiger partial charge is 0.224 e. The number of rotatable bonds is 6. The van der Waals surface area contributed by atoms with E-state index in [1.165, 1.54) is 0 Å². The molecule has 1 aromatic heterocycles. The van der Waals surface area contributed by atoms with E-state index in [2.05, 4.69) is 15.3 Å². The van der Waals surface area contributed by atoms with Crippen molar-refractivity contribution in [2.24, 2.45) is 0 Å². The molecule has 0 aliphatic rings. The highest BCUT2D eigenvalue weighted by Crippen LogP contribution is 2.34. The molecule has 1 N–H and O–H groups in total. The standard InChI is InChI=1S/C14H15Cl2N3O2/c1-3-20-8-12-18-11(17-2)7-13(19-12)21-10-6-4-5-9(15)14(10)16/h4-7H,3,8H2,1-2H3,(H,17,18,19). The second-order valence-corrected chi connectivity index (χ2v) is 4.83. The number of nitrogens with zero attached hydrogens (tertiary/aromatic N) is 2. The Hall–Kier alpha value is -1.56. The van der Waals surface area contributed by atoms with Crippen molar-refractivity contribution in [2.75, 3.05) is 19.0 Å². The SMILES string of the molecule is CCOCc1nc(NC)cc(Oc2cccc(Cl)c2Cl)n1. The molecular formula is C14H15Cl2N3O2. The van der Waals surface area contributed by atoms with Crippen molar-refractivity contribution in [3.63, 3.8) is 0 Å².